The molecule has 0 spiro atoms. The lowest BCUT2D eigenvalue weighted by atomic mass is 9.97. The number of hydrogen-bond donors (Lipinski definition) is 1. The van der Waals surface area contributed by atoms with Gasteiger partial charge in [0.05, 0.1) is 18.1 Å². The number of esters is 1. The van der Waals surface area contributed by atoms with Crippen molar-refractivity contribution < 1.29 is 14.3 Å². The number of carbonyl (C=O) groups excluding carboxylic acids is 2. The Hall–Kier alpha value is -2.04. The average Bonchev–Trinajstić information content (AvgIpc) is 3.26. The number of nitrogens with zero attached hydrogens (tertiary/aromatic N) is 3. The van der Waals surface area contributed by atoms with Gasteiger partial charge in [0.1, 0.15) is 21.1 Å². The highest BCUT2D eigenvalue weighted by molar-refractivity contribution is 8.00. The van der Waals surface area contributed by atoms with Gasteiger partial charge in [-0.25, -0.2) is 19.7 Å². The summed E-state index contributed by atoms with van der Waals surface area (Å²) in [6.07, 6.45) is 6.13. The maximum atomic E-state index is 12.4. The molecule has 1 amide bonds. The predicted octanol–water partition coefficient (Wildman–Crippen LogP) is 4.24. The molecular weight excluding hydrogens is 428 g/mol. The minimum Gasteiger partial charge on any atom is -0.462 e. The maximum Gasteiger partial charge on any atom is 0.350 e. The van der Waals surface area contributed by atoms with Crippen LogP contribution >= 0.6 is 34.4 Å². The van der Waals surface area contributed by atoms with E-state index in [1.807, 2.05) is 0 Å². The van der Waals surface area contributed by atoms with E-state index in [-0.39, 0.29) is 11.7 Å². The number of aromatic nitrogens is 3. The quantitative estimate of drug-likeness (QED) is 0.342. The molecule has 0 aromatic carbocycles. The monoisotopic (exact) mass is 448 g/mol. The first-order valence-corrected chi connectivity index (χ1v) is 12.0. The molecule has 3 aromatic heterocycles. The fraction of sp³-hybridized carbons (Fsp3) is 0.421. The van der Waals surface area contributed by atoms with Gasteiger partial charge in [-0.3, -0.25) is 4.79 Å². The minimum absolute atomic E-state index is 0.185. The normalized spacial score (nSPS) is 13.3. The van der Waals surface area contributed by atoms with Gasteiger partial charge in [-0.1, -0.05) is 23.1 Å². The van der Waals surface area contributed by atoms with Crippen LogP contribution in [0.4, 0.5) is 5.13 Å². The van der Waals surface area contributed by atoms with Crippen molar-refractivity contribution in [2.75, 3.05) is 17.7 Å². The van der Waals surface area contributed by atoms with Crippen LogP contribution in [0, 0.1) is 6.92 Å². The highest BCUT2D eigenvalue weighted by Crippen LogP contribution is 2.39. The van der Waals surface area contributed by atoms with Crippen molar-refractivity contribution >= 4 is 61.7 Å². The number of anilines is 1. The molecule has 3 heterocycles. The lowest BCUT2D eigenvalue weighted by Crippen LogP contribution is -2.14. The fourth-order valence-corrected chi connectivity index (χ4v) is 6.29. The molecule has 0 aliphatic heterocycles. The van der Waals surface area contributed by atoms with Crippen LogP contribution in [0.25, 0.3) is 10.2 Å². The lowest BCUT2D eigenvalue weighted by molar-refractivity contribution is -0.113. The minimum atomic E-state index is -0.414. The molecule has 0 unspecified atom stereocenters. The van der Waals surface area contributed by atoms with Crippen LogP contribution in [-0.2, 0) is 22.4 Å². The number of aryl methyl sites for hydroxylation is 3. The van der Waals surface area contributed by atoms with Crippen LogP contribution < -0.4 is 5.32 Å². The highest BCUT2D eigenvalue weighted by Gasteiger charge is 2.21. The molecule has 0 fully saturated rings. The summed E-state index contributed by atoms with van der Waals surface area (Å²) in [7, 11) is 0. The zero-order chi connectivity index (χ0) is 20.4. The number of fused-ring (bicyclic) bond motifs is 3. The van der Waals surface area contributed by atoms with Gasteiger partial charge in [0.2, 0.25) is 5.91 Å². The zero-order valence-corrected chi connectivity index (χ0v) is 18.6. The first kappa shape index (κ1) is 20.2. The van der Waals surface area contributed by atoms with Crippen LogP contribution in [0.15, 0.2) is 11.4 Å². The second-order valence-electron chi connectivity index (χ2n) is 6.56. The number of amides is 1. The van der Waals surface area contributed by atoms with Gasteiger partial charge in [0, 0.05) is 10.3 Å². The largest absolute Gasteiger partial charge is 0.462 e. The van der Waals surface area contributed by atoms with Gasteiger partial charge in [-0.05, 0) is 45.1 Å². The third kappa shape index (κ3) is 4.29. The van der Waals surface area contributed by atoms with Crippen LogP contribution in [0.1, 0.15) is 45.6 Å². The first-order chi connectivity index (χ1) is 14.1. The van der Waals surface area contributed by atoms with E-state index in [9.17, 15) is 9.59 Å². The summed E-state index contributed by atoms with van der Waals surface area (Å²) < 4.78 is 5.01. The number of hydrogen-bond acceptors (Lipinski definition) is 9. The SMILES string of the molecule is CCOC(=O)c1sc(NC(=O)CSc2ncnc3sc4c(c23)CCCC4)nc1C. The molecule has 1 N–H and O–H groups in total. The van der Waals surface area contributed by atoms with Crippen molar-refractivity contribution in [1.29, 1.82) is 0 Å². The smallest absolute Gasteiger partial charge is 0.350 e. The summed E-state index contributed by atoms with van der Waals surface area (Å²) in [5.41, 5.74) is 1.91. The van der Waals surface area contributed by atoms with Crippen molar-refractivity contribution in [1.82, 2.24) is 15.0 Å². The molecule has 10 heteroatoms. The summed E-state index contributed by atoms with van der Waals surface area (Å²) in [5.74, 6) is -0.387. The first-order valence-electron chi connectivity index (χ1n) is 9.39. The Morgan fingerprint density at radius 3 is 2.90 bits per heavy atom. The summed E-state index contributed by atoms with van der Waals surface area (Å²) in [4.78, 5) is 40.3. The van der Waals surface area contributed by atoms with E-state index in [1.165, 1.54) is 35.0 Å². The summed E-state index contributed by atoms with van der Waals surface area (Å²) in [6.45, 7) is 3.78. The van der Waals surface area contributed by atoms with Gasteiger partial charge in [-0.15, -0.1) is 11.3 Å². The van der Waals surface area contributed by atoms with E-state index in [2.05, 4.69) is 20.3 Å². The highest BCUT2D eigenvalue weighted by atomic mass is 32.2. The molecule has 0 radical (unpaired) electrons. The number of thiophene rings is 1. The molecular formula is C19H20N4O3S3. The van der Waals surface area contributed by atoms with Crippen molar-refractivity contribution in [3.8, 4) is 0 Å². The standard InChI is InChI=1S/C19H20N4O3S3/c1-3-26-18(25)15-10(2)22-19(29-15)23-13(24)8-27-16-14-11-6-4-5-7-12(11)28-17(14)21-9-20-16/h9H,3-8H2,1-2H3,(H,22,23,24). The molecule has 152 valence electrons. The van der Waals surface area contributed by atoms with Gasteiger partial charge in [0.15, 0.2) is 5.13 Å². The number of thiazole rings is 1. The number of rotatable bonds is 6. The Kier molecular flexibility index (Phi) is 6.12. The van der Waals surface area contributed by atoms with Crippen LogP contribution in [0.5, 0.6) is 0 Å². The second kappa shape index (κ2) is 8.76. The van der Waals surface area contributed by atoms with E-state index >= 15 is 0 Å². The van der Waals surface area contributed by atoms with E-state index in [1.54, 1.807) is 31.5 Å². The third-order valence-electron chi connectivity index (χ3n) is 4.56. The molecule has 0 saturated heterocycles. The Labute approximate surface area is 180 Å². The summed E-state index contributed by atoms with van der Waals surface area (Å²) in [5, 5.41) is 5.14. The van der Waals surface area contributed by atoms with Crippen molar-refractivity contribution in [3.05, 3.63) is 27.3 Å². The zero-order valence-electron chi connectivity index (χ0n) is 16.1. The van der Waals surface area contributed by atoms with Crippen molar-refractivity contribution in [2.45, 2.75) is 44.6 Å². The topological polar surface area (TPSA) is 94.1 Å². The van der Waals surface area contributed by atoms with Crippen molar-refractivity contribution in [3.63, 3.8) is 0 Å². The van der Waals surface area contributed by atoms with Gasteiger partial charge in [0.25, 0.3) is 0 Å². The van der Waals surface area contributed by atoms with E-state index in [0.29, 0.717) is 22.3 Å². The Bertz CT molecular complexity index is 1080. The van der Waals surface area contributed by atoms with Crippen LogP contribution in [0.3, 0.4) is 0 Å². The maximum absolute atomic E-state index is 12.4. The van der Waals surface area contributed by atoms with E-state index in [4.69, 9.17) is 4.74 Å². The lowest BCUT2D eigenvalue weighted by Gasteiger charge is -2.11. The fourth-order valence-electron chi connectivity index (χ4n) is 3.30. The number of thioether (sulfide) groups is 1. The van der Waals surface area contributed by atoms with Crippen LogP contribution in [0.2, 0.25) is 0 Å². The second-order valence-corrected chi connectivity index (χ2v) is 9.61. The summed E-state index contributed by atoms with van der Waals surface area (Å²) >= 11 is 4.28. The molecule has 0 bridgehead atoms. The molecule has 1 aliphatic carbocycles. The Morgan fingerprint density at radius 2 is 2.07 bits per heavy atom. The number of nitrogens with one attached hydrogen (secondary N) is 1. The molecule has 29 heavy (non-hydrogen) atoms. The molecule has 0 saturated carbocycles. The van der Waals surface area contributed by atoms with E-state index in [0.717, 1.165) is 39.4 Å². The third-order valence-corrected chi connectivity index (χ3v) is 7.80. The Morgan fingerprint density at radius 1 is 1.24 bits per heavy atom. The predicted molar refractivity (Wildman–Crippen MR) is 116 cm³/mol. The average molecular weight is 449 g/mol. The number of carbonyl (C=O) groups is 2. The van der Waals surface area contributed by atoms with Gasteiger partial charge < -0.3 is 10.1 Å². The van der Waals surface area contributed by atoms with Crippen molar-refractivity contribution in [2.24, 2.45) is 0 Å². The van der Waals surface area contributed by atoms with Gasteiger partial charge >= 0.3 is 5.97 Å². The van der Waals surface area contributed by atoms with Gasteiger partial charge in [-0.2, -0.15) is 0 Å². The molecule has 7 nitrogen and oxygen atoms in total. The van der Waals surface area contributed by atoms with E-state index < -0.39 is 5.97 Å². The molecule has 1 aliphatic rings. The molecule has 3 aromatic rings. The molecule has 0 atom stereocenters. The number of ether oxygens (including phenoxy) is 1. The Balaban J connectivity index is 1.45. The summed E-state index contributed by atoms with van der Waals surface area (Å²) in [6, 6.07) is 0. The van der Waals surface area contributed by atoms with Crippen LogP contribution in [-0.4, -0.2) is 39.2 Å². The molecule has 4 rings (SSSR count).